The molecule has 1 aliphatic carbocycles. The van der Waals surface area contributed by atoms with Gasteiger partial charge in [-0.2, -0.15) is 5.10 Å². The second kappa shape index (κ2) is 4.00. The van der Waals surface area contributed by atoms with Gasteiger partial charge in [-0.05, 0) is 32.1 Å². The average Bonchev–Trinajstić information content (AvgIpc) is 2.48. The number of rotatable bonds is 4. The van der Waals surface area contributed by atoms with Crippen molar-refractivity contribution in [3.8, 4) is 0 Å². The van der Waals surface area contributed by atoms with E-state index in [1.807, 2.05) is 13.0 Å². The van der Waals surface area contributed by atoms with Crippen LogP contribution < -0.4 is 5.73 Å². The van der Waals surface area contributed by atoms with E-state index >= 15 is 0 Å². The predicted molar refractivity (Wildman–Crippen MR) is 54.8 cm³/mol. The van der Waals surface area contributed by atoms with Crippen molar-refractivity contribution in [1.29, 1.82) is 0 Å². The van der Waals surface area contributed by atoms with Gasteiger partial charge in [0.05, 0.1) is 6.10 Å². The van der Waals surface area contributed by atoms with Gasteiger partial charge >= 0.3 is 0 Å². The maximum atomic E-state index is 5.52. The van der Waals surface area contributed by atoms with Crippen molar-refractivity contribution < 1.29 is 4.74 Å². The minimum absolute atomic E-state index is 0.491. The van der Waals surface area contributed by atoms with E-state index in [2.05, 4.69) is 10.2 Å². The molecule has 1 saturated carbocycles. The topological polar surface area (TPSA) is 63.9 Å². The van der Waals surface area contributed by atoms with Crippen molar-refractivity contribution in [2.45, 2.75) is 32.3 Å². The fraction of sp³-hybridized carbons (Fsp3) is 0.700. The molecule has 0 unspecified atom stereocenters. The molecule has 1 heterocycles. The number of ether oxygens (including phenoxy) is 1. The Hall–Kier alpha value is -1.03. The van der Waals surface area contributed by atoms with Crippen LogP contribution in [-0.4, -0.2) is 22.9 Å². The first kappa shape index (κ1) is 9.52. The van der Waals surface area contributed by atoms with E-state index in [1.165, 1.54) is 12.8 Å². The Balaban J connectivity index is 1.74. The van der Waals surface area contributed by atoms with E-state index in [1.54, 1.807) is 0 Å². The summed E-state index contributed by atoms with van der Waals surface area (Å²) in [6.45, 7) is 2.87. The van der Waals surface area contributed by atoms with Crippen LogP contribution in [0.1, 0.15) is 25.5 Å². The summed E-state index contributed by atoms with van der Waals surface area (Å²) in [6, 6.07) is 1.91. The van der Waals surface area contributed by atoms with E-state index in [0.717, 1.165) is 24.6 Å². The lowest BCUT2D eigenvalue weighted by atomic mass is 9.79. The molecule has 0 radical (unpaired) electrons. The molecule has 78 valence electrons. The molecule has 1 aromatic heterocycles. The van der Waals surface area contributed by atoms with Crippen molar-refractivity contribution in [3.63, 3.8) is 0 Å². The fourth-order valence-corrected chi connectivity index (χ4v) is 2.01. The van der Waals surface area contributed by atoms with Crippen LogP contribution >= 0.6 is 0 Å². The number of hydrogen-bond acceptors (Lipinski definition) is 3. The van der Waals surface area contributed by atoms with Gasteiger partial charge < -0.3 is 10.5 Å². The summed E-state index contributed by atoms with van der Waals surface area (Å²) in [4.78, 5) is 0. The number of nitrogens with one attached hydrogen (secondary N) is 1. The van der Waals surface area contributed by atoms with Gasteiger partial charge in [0.25, 0.3) is 0 Å². The number of anilines is 1. The molecule has 0 bridgehead atoms. The van der Waals surface area contributed by atoms with Crippen LogP contribution in [0.2, 0.25) is 0 Å². The molecule has 4 nitrogen and oxygen atoms in total. The molecule has 2 rings (SSSR count). The zero-order chi connectivity index (χ0) is 9.97. The van der Waals surface area contributed by atoms with E-state index in [4.69, 9.17) is 10.5 Å². The van der Waals surface area contributed by atoms with Crippen molar-refractivity contribution in [2.24, 2.45) is 5.92 Å². The number of nitrogens with two attached hydrogens (primary N) is 1. The van der Waals surface area contributed by atoms with Gasteiger partial charge in [-0.1, -0.05) is 0 Å². The Morgan fingerprint density at radius 1 is 1.64 bits per heavy atom. The molecule has 0 amide bonds. The molecule has 14 heavy (non-hydrogen) atoms. The van der Waals surface area contributed by atoms with Crippen LogP contribution in [-0.2, 0) is 11.2 Å². The maximum Gasteiger partial charge on any atom is 0.145 e. The van der Waals surface area contributed by atoms with Gasteiger partial charge in [-0.25, -0.2) is 0 Å². The summed E-state index contributed by atoms with van der Waals surface area (Å²) in [6.07, 6.45) is 3.89. The Kier molecular flexibility index (Phi) is 2.72. The summed E-state index contributed by atoms with van der Waals surface area (Å²) >= 11 is 0. The van der Waals surface area contributed by atoms with E-state index in [0.29, 0.717) is 11.9 Å². The second-order valence-electron chi connectivity index (χ2n) is 3.94. The second-order valence-corrected chi connectivity index (χ2v) is 3.94. The maximum absolute atomic E-state index is 5.52. The van der Waals surface area contributed by atoms with Crippen LogP contribution in [0, 0.1) is 5.92 Å². The number of aromatic nitrogens is 2. The van der Waals surface area contributed by atoms with Gasteiger partial charge in [-0.3, -0.25) is 5.10 Å². The molecule has 0 aliphatic heterocycles. The highest BCUT2D eigenvalue weighted by atomic mass is 16.5. The molecule has 1 aliphatic rings. The standard InChI is InChI=1S/C10H17N3O/c1-2-14-9-4-7(5-9)3-8-6-10(11)13-12-8/h6-7,9H,2-5H2,1H3,(H3,11,12,13). The molecular weight excluding hydrogens is 178 g/mol. The Labute approximate surface area is 83.8 Å². The van der Waals surface area contributed by atoms with Crippen LogP contribution in [0.25, 0.3) is 0 Å². The molecule has 1 aromatic rings. The molecular formula is C10H17N3O. The van der Waals surface area contributed by atoms with Gasteiger partial charge in [0, 0.05) is 18.4 Å². The molecule has 3 N–H and O–H groups in total. The summed E-state index contributed by atoms with van der Waals surface area (Å²) < 4.78 is 5.50. The van der Waals surface area contributed by atoms with Crippen molar-refractivity contribution in [1.82, 2.24) is 10.2 Å². The summed E-state index contributed by atoms with van der Waals surface area (Å²) in [5.74, 6) is 1.33. The first-order valence-corrected chi connectivity index (χ1v) is 5.19. The van der Waals surface area contributed by atoms with Gasteiger partial charge in [0.1, 0.15) is 5.82 Å². The Bertz CT molecular complexity index is 291. The highest BCUT2D eigenvalue weighted by molar-refractivity contribution is 5.28. The smallest absolute Gasteiger partial charge is 0.145 e. The van der Waals surface area contributed by atoms with Crippen LogP contribution in [0.15, 0.2) is 6.07 Å². The SMILES string of the molecule is CCOC1CC(Cc2cc(N)n[nH]2)C1. The predicted octanol–water partition coefficient (Wildman–Crippen LogP) is 1.35. The highest BCUT2D eigenvalue weighted by Gasteiger charge is 2.29. The number of H-pyrrole nitrogens is 1. The number of hydrogen-bond donors (Lipinski definition) is 2. The van der Waals surface area contributed by atoms with Gasteiger partial charge in [-0.15, -0.1) is 0 Å². The molecule has 0 saturated heterocycles. The lowest BCUT2D eigenvalue weighted by Crippen LogP contribution is -2.32. The van der Waals surface area contributed by atoms with Crippen molar-refractivity contribution >= 4 is 5.82 Å². The zero-order valence-corrected chi connectivity index (χ0v) is 8.49. The van der Waals surface area contributed by atoms with E-state index in [-0.39, 0.29) is 0 Å². The third-order valence-corrected chi connectivity index (χ3v) is 2.75. The molecule has 0 atom stereocenters. The average molecular weight is 195 g/mol. The lowest BCUT2D eigenvalue weighted by Gasteiger charge is -2.34. The third-order valence-electron chi connectivity index (χ3n) is 2.75. The van der Waals surface area contributed by atoms with Crippen molar-refractivity contribution in [3.05, 3.63) is 11.8 Å². The zero-order valence-electron chi connectivity index (χ0n) is 8.49. The first-order valence-electron chi connectivity index (χ1n) is 5.19. The molecule has 1 fully saturated rings. The summed E-state index contributed by atoms with van der Waals surface area (Å²) in [5, 5.41) is 6.84. The van der Waals surface area contributed by atoms with Crippen LogP contribution in [0.4, 0.5) is 5.82 Å². The molecule has 4 heteroatoms. The fourth-order valence-electron chi connectivity index (χ4n) is 2.01. The summed E-state index contributed by atoms with van der Waals surface area (Å²) in [5.41, 5.74) is 6.66. The van der Waals surface area contributed by atoms with E-state index < -0.39 is 0 Å². The largest absolute Gasteiger partial charge is 0.382 e. The quantitative estimate of drug-likeness (QED) is 0.762. The monoisotopic (exact) mass is 195 g/mol. The lowest BCUT2D eigenvalue weighted by molar-refractivity contribution is -0.0242. The number of nitrogen functional groups attached to an aromatic ring is 1. The minimum atomic E-state index is 0.491. The Morgan fingerprint density at radius 2 is 2.43 bits per heavy atom. The van der Waals surface area contributed by atoms with Crippen molar-refractivity contribution in [2.75, 3.05) is 12.3 Å². The minimum Gasteiger partial charge on any atom is -0.382 e. The third kappa shape index (κ3) is 2.07. The first-order chi connectivity index (χ1) is 6.78. The van der Waals surface area contributed by atoms with Gasteiger partial charge in [0.15, 0.2) is 0 Å². The normalized spacial score (nSPS) is 26.1. The van der Waals surface area contributed by atoms with Crippen LogP contribution in [0.3, 0.4) is 0 Å². The number of aromatic amines is 1. The van der Waals surface area contributed by atoms with Crippen LogP contribution in [0.5, 0.6) is 0 Å². The Morgan fingerprint density at radius 3 is 3.00 bits per heavy atom. The highest BCUT2D eigenvalue weighted by Crippen LogP contribution is 2.32. The summed E-state index contributed by atoms with van der Waals surface area (Å²) in [7, 11) is 0. The molecule has 0 aromatic carbocycles. The van der Waals surface area contributed by atoms with Gasteiger partial charge in [0.2, 0.25) is 0 Å². The number of nitrogens with zero attached hydrogens (tertiary/aromatic N) is 1. The molecule has 0 spiro atoms. The van der Waals surface area contributed by atoms with E-state index in [9.17, 15) is 0 Å².